The van der Waals surface area contributed by atoms with Crippen molar-refractivity contribution >= 4 is 0 Å². The lowest BCUT2D eigenvalue weighted by molar-refractivity contribution is -0.312. The minimum Gasteiger partial charge on any atom is -0.388 e. The zero-order valence-corrected chi connectivity index (χ0v) is 6.14. The number of rotatable bonds is 0. The van der Waals surface area contributed by atoms with E-state index in [1.165, 1.54) is 6.92 Å². The van der Waals surface area contributed by atoms with Gasteiger partial charge in [0.05, 0.1) is 6.61 Å². The van der Waals surface area contributed by atoms with Crippen molar-refractivity contribution in [1.82, 2.24) is 0 Å². The van der Waals surface area contributed by atoms with Crippen LogP contribution in [0.25, 0.3) is 0 Å². The third kappa shape index (κ3) is 1.52. The molecule has 0 radical (unpaired) electrons. The van der Waals surface area contributed by atoms with E-state index in [0.717, 1.165) is 0 Å². The Balaban J connectivity index is 2.67. The Kier molecular flexibility index (Phi) is 2.17. The Labute approximate surface area is 63.8 Å². The standard InChI is InChI=1S/C6H12O5/c1-6(10)5(9)4(8)3(7)2-11-6/h3-5,7-10H,2H2,1H3/t3-,4+,5+,6-/m0/s1. The summed E-state index contributed by atoms with van der Waals surface area (Å²) in [5.41, 5.74) is 0. The number of ether oxygens (including phenoxy) is 1. The Bertz CT molecular complexity index is 146. The van der Waals surface area contributed by atoms with Crippen molar-refractivity contribution < 1.29 is 25.2 Å². The average molecular weight is 164 g/mol. The highest BCUT2D eigenvalue weighted by atomic mass is 16.6. The summed E-state index contributed by atoms with van der Waals surface area (Å²) in [5.74, 6) is -1.77. The lowest BCUT2D eigenvalue weighted by Crippen LogP contribution is -2.59. The van der Waals surface area contributed by atoms with Gasteiger partial charge >= 0.3 is 0 Å². The number of hydrogen-bond donors (Lipinski definition) is 4. The number of aliphatic hydroxyl groups excluding tert-OH is 3. The Hall–Kier alpha value is -0.200. The van der Waals surface area contributed by atoms with Gasteiger partial charge in [-0.05, 0) is 6.92 Å². The van der Waals surface area contributed by atoms with Gasteiger partial charge < -0.3 is 25.2 Å². The van der Waals surface area contributed by atoms with Crippen LogP contribution in [0.4, 0.5) is 0 Å². The van der Waals surface area contributed by atoms with Gasteiger partial charge in [0.25, 0.3) is 0 Å². The third-order valence-electron chi connectivity index (χ3n) is 1.81. The van der Waals surface area contributed by atoms with Crippen molar-refractivity contribution in [2.75, 3.05) is 6.61 Å². The van der Waals surface area contributed by atoms with Crippen molar-refractivity contribution in [1.29, 1.82) is 0 Å². The van der Waals surface area contributed by atoms with Crippen LogP contribution in [-0.2, 0) is 4.74 Å². The van der Waals surface area contributed by atoms with E-state index in [1.54, 1.807) is 0 Å². The minimum atomic E-state index is -1.77. The van der Waals surface area contributed by atoms with E-state index >= 15 is 0 Å². The van der Waals surface area contributed by atoms with Crippen LogP contribution in [0.3, 0.4) is 0 Å². The molecule has 5 nitrogen and oxygen atoms in total. The highest BCUT2D eigenvalue weighted by Gasteiger charge is 2.44. The first-order valence-electron chi connectivity index (χ1n) is 3.35. The summed E-state index contributed by atoms with van der Waals surface area (Å²) < 4.78 is 4.66. The highest BCUT2D eigenvalue weighted by molar-refractivity contribution is 4.88. The lowest BCUT2D eigenvalue weighted by Gasteiger charge is -2.39. The second-order valence-electron chi connectivity index (χ2n) is 2.87. The average Bonchev–Trinajstić information content (AvgIpc) is 1.95. The monoisotopic (exact) mass is 164 g/mol. The molecule has 1 heterocycles. The van der Waals surface area contributed by atoms with Crippen molar-refractivity contribution in [3.8, 4) is 0 Å². The number of hydrogen-bond acceptors (Lipinski definition) is 5. The van der Waals surface area contributed by atoms with Gasteiger partial charge in [0.15, 0.2) is 5.79 Å². The summed E-state index contributed by atoms with van der Waals surface area (Å²) >= 11 is 0. The molecule has 1 rings (SSSR count). The fraction of sp³-hybridized carbons (Fsp3) is 1.00. The zero-order chi connectivity index (χ0) is 8.65. The van der Waals surface area contributed by atoms with E-state index in [0.29, 0.717) is 0 Å². The van der Waals surface area contributed by atoms with Crippen molar-refractivity contribution in [2.24, 2.45) is 0 Å². The Morgan fingerprint density at radius 2 is 1.91 bits per heavy atom. The molecule has 1 aliphatic rings. The Morgan fingerprint density at radius 3 is 2.36 bits per heavy atom. The van der Waals surface area contributed by atoms with Crippen LogP contribution >= 0.6 is 0 Å². The molecular weight excluding hydrogens is 152 g/mol. The third-order valence-corrected chi connectivity index (χ3v) is 1.81. The van der Waals surface area contributed by atoms with Gasteiger partial charge in [-0.3, -0.25) is 0 Å². The molecule has 0 spiro atoms. The second-order valence-corrected chi connectivity index (χ2v) is 2.87. The first kappa shape index (κ1) is 8.89. The molecule has 0 bridgehead atoms. The van der Waals surface area contributed by atoms with Crippen LogP contribution in [0, 0.1) is 0 Å². The molecule has 1 fully saturated rings. The van der Waals surface area contributed by atoms with E-state index in [2.05, 4.69) is 4.74 Å². The molecule has 4 atom stereocenters. The first-order valence-corrected chi connectivity index (χ1v) is 3.35. The molecule has 0 amide bonds. The van der Waals surface area contributed by atoms with E-state index in [9.17, 15) is 5.11 Å². The maximum Gasteiger partial charge on any atom is 0.191 e. The van der Waals surface area contributed by atoms with Gasteiger partial charge in [-0.15, -0.1) is 0 Å². The molecule has 0 unspecified atom stereocenters. The van der Waals surface area contributed by atoms with E-state index in [4.69, 9.17) is 15.3 Å². The molecule has 4 N–H and O–H groups in total. The molecule has 0 aromatic rings. The number of aliphatic hydroxyl groups is 4. The van der Waals surface area contributed by atoms with Crippen LogP contribution < -0.4 is 0 Å². The van der Waals surface area contributed by atoms with Gasteiger partial charge in [0, 0.05) is 0 Å². The molecule has 11 heavy (non-hydrogen) atoms. The maximum atomic E-state index is 9.19. The molecule has 5 heteroatoms. The fourth-order valence-electron chi connectivity index (χ4n) is 0.965. The second kappa shape index (κ2) is 2.69. The summed E-state index contributed by atoms with van der Waals surface area (Å²) in [6, 6.07) is 0. The topological polar surface area (TPSA) is 90.2 Å². The van der Waals surface area contributed by atoms with Crippen LogP contribution in [-0.4, -0.2) is 51.1 Å². The predicted octanol–water partition coefficient (Wildman–Crippen LogP) is -2.19. The van der Waals surface area contributed by atoms with Crippen molar-refractivity contribution in [3.63, 3.8) is 0 Å². The Morgan fingerprint density at radius 1 is 1.36 bits per heavy atom. The summed E-state index contributed by atoms with van der Waals surface area (Å²) in [5, 5.41) is 36.3. The first-order chi connectivity index (χ1) is 4.95. The molecule has 0 aliphatic carbocycles. The smallest absolute Gasteiger partial charge is 0.191 e. The largest absolute Gasteiger partial charge is 0.388 e. The van der Waals surface area contributed by atoms with E-state index in [-0.39, 0.29) is 6.61 Å². The molecule has 0 aromatic carbocycles. The van der Waals surface area contributed by atoms with Crippen LogP contribution in [0.2, 0.25) is 0 Å². The molecule has 1 saturated heterocycles. The van der Waals surface area contributed by atoms with Crippen LogP contribution in [0.5, 0.6) is 0 Å². The minimum absolute atomic E-state index is 0.175. The molecule has 0 aromatic heterocycles. The van der Waals surface area contributed by atoms with Gasteiger partial charge in [-0.25, -0.2) is 0 Å². The highest BCUT2D eigenvalue weighted by Crippen LogP contribution is 2.22. The summed E-state index contributed by atoms with van der Waals surface area (Å²) in [4.78, 5) is 0. The molecule has 1 aliphatic heterocycles. The molecule has 0 saturated carbocycles. The maximum absolute atomic E-state index is 9.19. The summed E-state index contributed by atoms with van der Waals surface area (Å²) in [6.07, 6.45) is -3.95. The lowest BCUT2D eigenvalue weighted by atomic mass is 9.98. The van der Waals surface area contributed by atoms with Gasteiger partial charge in [-0.1, -0.05) is 0 Å². The van der Waals surface area contributed by atoms with Gasteiger partial charge in [0.1, 0.15) is 18.3 Å². The summed E-state index contributed by atoms with van der Waals surface area (Å²) in [7, 11) is 0. The normalized spacial score (nSPS) is 52.6. The van der Waals surface area contributed by atoms with Gasteiger partial charge in [0.2, 0.25) is 0 Å². The predicted molar refractivity (Wildman–Crippen MR) is 34.6 cm³/mol. The zero-order valence-electron chi connectivity index (χ0n) is 6.14. The van der Waals surface area contributed by atoms with E-state index < -0.39 is 24.1 Å². The van der Waals surface area contributed by atoms with Gasteiger partial charge in [-0.2, -0.15) is 0 Å². The van der Waals surface area contributed by atoms with Crippen molar-refractivity contribution in [2.45, 2.75) is 31.0 Å². The summed E-state index contributed by atoms with van der Waals surface area (Å²) in [6.45, 7) is 1.05. The molecule has 66 valence electrons. The SMILES string of the molecule is C[C@]1(O)OC[C@H](O)[C@@H](O)[C@H]1O. The van der Waals surface area contributed by atoms with Crippen LogP contribution in [0.1, 0.15) is 6.92 Å². The van der Waals surface area contributed by atoms with Crippen molar-refractivity contribution in [3.05, 3.63) is 0 Å². The molecular formula is C6H12O5. The van der Waals surface area contributed by atoms with E-state index in [1.807, 2.05) is 0 Å². The fourth-order valence-corrected chi connectivity index (χ4v) is 0.965. The quantitative estimate of drug-likeness (QED) is 0.326. The van der Waals surface area contributed by atoms with Crippen LogP contribution in [0.15, 0.2) is 0 Å².